The van der Waals surface area contributed by atoms with Crippen LogP contribution in [0.1, 0.15) is 22.8 Å². The molecule has 30 heavy (non-hydrogen) atoms. The van der Waals surface area contributed by atoms with E-state index in [1.807, 2.05) is 0 Å². The fraction of sp³-hybridized carbons (Fsp3) is 0.200. The third-order valence-electron chi connectivity index (χ3n) is 4.28. The number of para-hydroxylation sites is 1. The SMILES string of the molecule is CCN(CC(=O)Nc1ccccc1C(F)(F)F)C(=O)c1cc(F)cc2nccnc12. The maximum Gasteiger partial charge on any atom is 0.418 e. The number of likely N-dealkylation sites (N-methyl/N-ethyl adjacent to an activating group) is 1. The van der Waals surface area contributed by atoms with Crippen molar-refractivity contribution in [2.24, 2.45) is 0 Å². The number of alkyl halides is 3. The van der Waals surface area contributed by atoms with Gasteiger partial charge in [-0.3, -0.25) is 19.6 Å². The summed E-state index contributed by atoms with van der Waals surface area (Å²) >= 11 is 0. The molecule has 2 amide bonds. The summed E-state index contributed by atoms with van der Waals surface area (Å²) in [6.45, 7) is 1.12. The summed E-state index contributed by atoms with van der Waals surface area (Å²) in [5, 5.41) is 2.18. The van der Waals surface area contributed by atoms with E-state index < -0.39 is 41.6 Å². The third kappa shape index (κ3) is 4.53. The Balaban J connectivity index is 1.83. The van der Waals surface area contributed by atoms with Gasteiger partial charge in [0.25, 0.3) is 5.91 Å². The first-order chi connectivity index (χ1) is 14.2. The van der Waals surface area contributed by atoms with E-state index in [2.05, 4.69) is 15.3 Å². The third-order valence-corrected chi connectivity index (χ3v) is 4.28. The largest absolute Gasteiger partial charge is 0.418 e. The summed E-state index contributed by atoms with van der Waals surface area (Å²) in [7, 11) is 0. The molecule has 1 aromatic heterocycles. The number of hydrogen-bond donors (Lipinski definition) is 1. The van der Waals surface area contributed by atoms with Gasteiger partial charge in [0.1, 0.15) is 17.9 Å². The summed E-state index contributed by atoms with van der Waals surface area (Å²) in [6.07, 6.45) is -1.96. The first-order valence-corrected chi connectivity index (χ1v) is 8.86. The summed E-state index contributed by atoms with van der Waals surface area (Å²) < 4.78 is 53.2. The Bertz CT molecular complexity index is 1100. The van der Waals surface area contributed by atoms with E-state index in [1.54, 1.807) is 6.92 Å². The maximum absolute atomic E-state index is 13.9. The highest BCUT2D eigenvalue weighted by molar-refractivity contribution is 6.06. The van der Waals surface area contributed by atoms with Gasteiger partial charge in [0.15, 0.2) is 0 Å². The summed E-state index contributed by atoms with van der Waals surface area (Å²) in [5.41, 5.74) is -1.19. The topological polar surface area (TPSA) is 75.2 Å². The minimum Gasteiger partial charge on any atom is -0.330 e. The lowest BCUT2D eigenvalue weighted by Gasteiger charge is -2.21. The summed E-state index contributed by atoms with van der Waals surface area (Å²) in [5.74, 6) is -2.22. The highest BCUT2D eigenvalue weighted by Gasteiger charge is 2.33. The number of carbonyl (C=O) groups is 2. The number of aromatic nitrogens is 2. The number of nitrogens with one attached hydrogen (secondary N) is 1. The number of rotatable bonds is 5. The molecule has 0 aliphatic heterocycles. The monoisotopic (exact) mass is 420 g/mol. The van der Waals surface area contributed by atoms with E-state index in [9.17, 15) is 27.2 Å². The van der Waals surface area contributed by atoms with Gasteiger partial charge < -0.3 is 10.2 Å². The van der Waals surface area contributed by atoms with Crippen LogP contribution in [-0.4, -0.2) is 39.8 Å². The molecule has 0 atom stereocenters. The van der Waals surface area contributed by atoms with Crippen LogP contribution in [0.25, 0.3) is 11.0 Å². The van der Waals surface area contributed by atoms with E-state index >= 15 is 0 Å². The lowest BCUT2D eigenvalue weighted by atomic mass is 10.1. The van der Waals surface area contributed by atoms with Crippen LogP contribution in [0.4, 0.5) is 23.2 Å². The molecule has 10 heteroatoms. The number of hydrogen-bond acceptors (Lipinski definition) is 4. The zero-order chi connectivity index (χ0) is 21.9. The molecule has 0 fully saturated rings. The van der Waals surface area contributed by atoms with Gasteiger partial charge in [0.05, 0.1) is 22.3 Å². The normalized spacial score (nSPS) is 11.4. The van der Waals surface area contributed by atoms with Gasteiger partial charge in [-0.25, -0.2) is 4.39 Å². The van der Waals surface area contributed by atoms with Crippen molar-refractivity contribution in [3.63, 3.8) is 0 Å². The first kappa shape index (κ1) is 21.2. The predicted octanol–water partition coefficient (Wildman–Crippen LogP) is 3.89. The molecule has 0 unspecified atom stereocenters. The Morgan fingerprint density at radius 2 is 1.80 bits per heavy atom. The van der Waals surface area contributed by atoms with Crippen LogP contribution in [0.5, 0.6) is 0 Å². The smallest absolute Gasteiger partial charge is 0.330 e. The average Bonchev–Trinajstić information content (AvgIpc) is 2.70. The molecule has 0 radical (unpaired) electrons. The standard InChI is InChI=1S/C20H16F4N4O2/c1-2-28(11-17(29)27-15-6-4-3-5-14(15)20(22,23)24)19(30)13-9-12(21)10-16-18(13)26-8-7-25-16/h3-10H,2,11H2,1H3,(H,27,29). The number of benzene rings is 2. The molecule has 0 aliphatic rings. The minimum absolute atomic E-state index is 0.0610. The van der Waals surface area contributed by atoms with Crippen molar-refractivity contribution >= 4 is 28.5 Å². The number of amides is 2. The van der Waals surface area contributed by atoms with Crippen LogP contribution < -0.4 is 5.32 Å². The second-order valence-corrected chi connectivity index (χ2v) is 6.29. The molecular weight excluding hydrogens is 404 g/mol. The Hall–Kier alpha value is -3.56. The molecule has 0 spiro atoms. The van der Waals surface area contributed by atoms with Crippen LogP contribution in [0.2, 0.25) is 0 Å². The number of nitrogens with zero attached hydrogens (tertiary/aromatic N) is 3. The van der Waals surface area contributed by atoms with E-state index in [-0.39, 0.29) is 23.1 Å². The van der Waals surface area contributed by atoms with Crippen LogP contribution in [0.15, 0.2) is 48.8 Å². The lowest BCUT2D eigenvalue weighted by molar-refractivity contribution is -0.137. The average molecular weight is 420 g/mol. The quantitative estimate of drug-likeness (QED) is 0.636. The minimum atomic E-state index is -4.65. The van der Waals surface area contributed by atoms with Crippen LogP contribution in [0, 0.1) is 5.82 Å². The number of halogens is 4. The Labute approximate surface area is 168 Å². The van der Waals surface area contributed by atoms with E-state index in [0.29, 0.717) is 0 Å². The van der Waals surface area contributed by atoms with Crippen molar-refractivity contribution in [3.8, 4) is 0 Å². The molecule has 3 rings (SSSR count). The van der Waals surface area contributed by atoms with Crippen molar-refractivity contribution in [1.29, 1.82) is 0 Å². The van der Waals surface area contributed by atoms with Gasteiger partial charge in [-0.2, -0.15) is 13.2 Å². The zero-order valence-electron chi connectivity index (χ0n) is 15.7. The van der Waals surface area contributed by atoms with Crippen molar-refractivity contribution < 1.29 is 27.2 Å². The molecule has 2 aromatic carbocycles. The second kappa shape index (κ2) is 8.44. The summed E-state index contributed by atoms with van der Waals surface area (Å²) in [6, 6.07) is 6.63. The van der Waals surface area contributed by atoms with E-state index in [4.69, 9.17) is 0 Å². The van der Waals surface area contributed by atoms with Gasteiger partial charge in [0.2, 0.25) is 5.91 Å². The maximum atomic E-state index is 13.9. The highest BCUT2D eigenvalue weighted by Crippen LogP contribution is 2.34. The van der Waals surface area contributed by atoms with Gasteiger partial charge >= 0.3 is 6.18 Å². The fourth-order valence-corrected chi connectivity index (χ4v) is 2.90. The van der Waals surface area contributed by atoms with E-state index in [0.717, 1.165) is 29.2 Å². The Morgan fingerprint density at radius 3 is 2.50 bits per heavy atom. The van der Waals surface area contributed by atoms with Crippen molar-refractivity contribution in [2.75, 3.05) is 18.4 Å². The molecule has 0 saturated heterocycles. The van der Waals surface area contributed by atoms with Gasteiger partial charge in [-0.1, -0.05) is 12.1 Å². The second-order valence-electron chi connectivity index (χ2n) is 6.29. The van der Waals surface area contributed by atoms with Gasteiger partial charge in [-0.15, -0.1) is 0 Å². The van der Waals surface area contributed by atoms with Crippen molar-refractivity contribution in [3.05, 3.63) is 65.7 Å². The molecule has 0 aliphatic carbocycles. The van der Waals surface area contributed by atoms with Gasteiger partial charge in [0, 0.05) is 25.0 Å². The van der Waals surface area contributed by atoms with Crippen molar-refractivity contribution in [2.45, 2.75) is 13.1 Å². The first-order valence-electron chi connectivity index (χ1n) is 8.86. The lowest BCUT2D eigenvalue weighted by Crippen LogP contribution is -2.38. The molecule has 0 saturated carbocycles. The Kier molecular flexibility index (Phi) is 5.95. The molecule has 156 valence electrons. The number of anilines is 1. The zero-order valence-corrected chi connectivity index (χ0v) is 15.7. The summed E-state index contributed by atoms with van der Waals surface area (Å²) in [4.78, 5) is 34.3. The molecule has 6 nitrogen and oxygen atoms in total. The van der Waals surface area contributed by atoms with E-state index in [1.165, 1.54) is 24.5 Å². The molecule has 0 bridgehead atoms. The van der Waals surface area contributed by atoms with Crippen molar-refractivity contribution in [1.82, 2.24) is 14.9 Å². The fourth-order valence-electron chi connectivity index (χ4n) is 2.90. The highest BCUT2D eigenvalue weighted by atomic mass is 19.4. The number of carbonyl (C=O) groups excluding carboxylic acids is 2. The predicted molar refractivity (Wildman–Crippen MR) is 101 cm³/mol. The van der Waals surface area contributed by atoms with Crippen LogP contribution in [0.3, 0.4) is 0 Å². The molecular formula is C20H16F4N4O2. The van der Waals surface area contributed by atoms with Gasteiger partial charge in [-0.05, 0) is 25.1 Å². The molecule has 3 aromatic rings. The van der Waals surface area contributed by atoms with Crippen LogP contribution >= 0.6 is 0 Å². The van der Waals surface area contributed by atoms with Crippen LogP contribution in [-0.2, 0) is 11.0 Å². The molecule has 1 N–H and O–H groups in total. The molecule has 1 heterocycles. The Morgan fingerprint density at radius 1 is 1.10 bits per heavy atom. The number of fused-ring (bicyclic) bond motifs is 1.